The van der Waals surface area contributed by atoms with Crippen molar-refractivity contribution in [1.82, 2.24) is 5.32 Å². The summed E-state index contributed by atoms with van der Waals surface area (Å²) in [6.45, 7) is 2.08. The van der Waals surface area contributed by atoms with Crippen molar-refractivity contribution >= 4 is 21.6 Å². The van der Waals surface area contributed by atoms with Crippen LogP contribution in [0.3, 0.4) is 0 Å². The van der Waals surface area contributed by atoms with Gasteiger partial charge in [-0.1, -0.05) is 18.2 Å². The van der Waals surface area contributed by atoms with E-state index in [2.05, 4.69) is 5.32 Å². The molecule has 4 rings (SSSR count). The molecule has 1 aliphatic rings. The van der Waals surface area contributed by atoms with Gasteiger partial charge in [-0.2, -0.15) is 0 Å². The van der Waals surface area contributed by atoms with E-state index in [-0.39, 0.29) is 24.6 Å². The number of benzene rings is 3. The third kappa shape index (κ3) is 5.33. The van der Waals surface area contributed by atoms with Gasteiger partial charge in [0, 0.05) is 0 Å². The lowest BCUT2D eigenvalue weighted by Crippen LogP contribution is -2.51. The van der Waals surface area contributed by atoms with Crippen LogP contribution in [0.2, 0.25) is 0 Å². The zero-order chi connectivity index (χ0) is 25.7. The minimum Gasteiger partial charge on any atom is -0.497 e. The molecule has 9 nitrogen and oxygen atoms in total. The van der Waals surface area contributed by atoms with Crippen molar-refractivity contribution in [3.05, 3.63) is 72.3 Å². The number of hydrogen-bond donors (Lipinski definition) is 1. The monoisotopic (exact) mass is 512 g/mol. The molecule has 1 amide bonds. The van der Waals surface area contributed by atoms with E-state index >= 15 is 0 Å². The number of rotatable bonds is 9. The topological polar surface area (TPSA) is 103 Å². The number of carbonyl (C=O) groups excluding carboxylic acids is 1. The molecule has 1 atom stereocenters. The second-order valence-electron chi connectivity index (χ2n) is 8.08. The molecule has 0 fully saturated rings. The van der Waals surface area contributed by atoms with E-state index in [9.17, 15) is 13.2 Å². The molecule has 1 aliphatic heterocycles. The van der Waals surface area contributed by atoms with Crippen LogP contribution in [0, 0.1) is 6.92 Å². The number of carbonyl (C=O) groups is 1. The first-order valence-corrected chi connectivity index (χ1v) is 12.7. The maximum Gasteiger partial charge on any atom is 0.264 e. The molecule has 3 aromatic rings. The SMILES string of the molecule is COc1ccc(S(=O)(=O)N2CC(C(=O)NCCOc3ccccc3OC)Oc3cc(C)ccc32)cc1. The number of methoxy groups -OCH3 is 2. The molecule has 36 heavy (non-hydrogen) atoms. The Hall–Kier alpha value is -3.92. The van der Waals surface area contributed by atoms with Gasteiger partial charge >= 0.3 is 0 Å². The zero-order valence-electron chi connectivity index (χ0n) is 20.3. The number of fused-ring (bicyclic) bond motifs is 1. The van der Waals surface area contributed by atoms with Gasteiger partial charge in [-0.15, -0.1) is 0 Å². The number of nitrogens with zero attached hydrogens (tertiary/aromatic N) is 1. The molecule has 0 spiro atoms. The number of aryl methyl sites for hydroxylation is 1. The standard InChI is InChI=1S/C26H28N2O7S/c1-18-8-13-21-24(16-18)35-25(17-28(21)36(30,31)20-11-9-19(32-2)10-12-20)26(29)27-14-15-34-23-7-5-4-6-22(23)33-3/h4-13,16,25H,14-15,17H2,1-3H3,(H,27,29). The number of anilines is 1. The molecule has 0 bridgehead atoms. The van der Waals surface area contributed by atoms with Crippen LogP contribution in [-0.2, 0) is 14.8 Å². The molecule has 0 radical (unpaired) electrons. The molecule has 3 aromatic carbocycles. The summed E-state index contributed by atoms with van der Waals surface area (Å²) in [6, 6.07) is 18.5. The number of amides is 1. The molecule has 0 saturated heterocycles. The molecule has 1 unspecified atom stereocenters. The highest BCUT2D eigenvalue weighted by molar-refractivity contribution is 7.92. The van der Waals surface area contributed by atoms with Gasteiger partial charge in [-0.05, 0) is 61.0 Å². The van der Waals surface area contributed by atoms with Gasteiger partial charge in [0.25, 0.3) is 15.9 Å². The lowest BCUT2D eigenvalue weighted by Gasteiger charge is -2.35. The van der Waals surface area contributed by atoms with Crippen LogP contribution in [0.4, 0.5) is 5.69 Å². The highest BCUT2D eigenvalue weighted by Crippen LogP contribution is 2.38. The number of para-hydroxylation sites is 2. The molecule has 0 saturated carbocycles. The predicted octanol–water partition coefficient (Wildman–Crippen LogP) is 3.16. The van der Waals surface area contributed by atoms with Gasteiger partial charge in [-0.25, -0.2) is 8.42 Å². The Bertz CT molecular complexity index is 1330. The van der Waals surface area contributed by atoms with E-state index in [1.165, 1.54) is 23.5 Å². The maximum atomic E-state index is 13.5. The summed E-state index contributed by atoms with van der Waals surface area (Å²) in [4.78, 5) is 13.0. The average Bonchev–Trinajstić information content (AvgIpc) is 2.90. The van der Waals surface area contributed by atoms with E-state index < -0.39 is 22.0 Å². The van der Waals surface area contributed by atoms with Crippen LogP contribution in [0.5, 0.6) is 23.0 Å². The zero-order valence-corrected chi connectivity index (χ0v) is 21.1. The van der Waals surface area contributed by atoms with Gasteiger partial charge in [0.2, 0.25) is 0 Å². The molecule has 190 valence electrons. The fourth-order valence-electron chi connectivity index (χ4n) is 3.79. The van der Waals surface area contributed by atoms with E-state index in [1.807, 2.05) is 19.1 Å². The minimum absolute atomic E-state index is 0.0843. The Morgan fingerprint density at radius 3 is 2.44 bits per heavy atom. The lowest BCUT2D eigenvalue weighted by atomic mass is 10.1. The van der Waals surface area contributed by atoms with E-state index in [1.54, 1.807) is 49.6 Å². The highest BCUT2D eigenvalue weighted by atomic mass is 32.2. The summed E-state index contributed by atoms with van der Waals surface area (Å²) < 4.78 is 50.3. The largest absolute Gasteiger partial charge is 0.497 e. The first kappa shape index (κ1) is 25.2. The van der Waals surface area contributed by atoms with Crippen LogP contribution < -0.4 is 28.6 Å². The summed E-state index contributed by atoms with van der Waals surface area (Å²) in [5, 5.41) is 2.76. The van der Waals surface area contributed by atoms with Crippen molar-refractivity contribution < 1.29 is 32.2 Å². The van der Waals surface area contributed by atoms with Crippen molar-refractivity contribution in [3.63, 3.8) is 0 Å². The van der Waals surface area contributed by atoms with E-state index in [4.69, 9.17) is 18.9 Å². The van der Waals surface area contributed by atoms with E-state index in [0.717, 1.165) is 5.56 Å². The van der Waals surface area contributed by atoms with Gasteiger partial charge in [0.05, 0.1) is 37.9 Å². The van der Waals surface area contributed by atoms with Gasteiger partial charge in [-0.3, -0.25) is 9.10 Å². The maximum absolute atomic E-state index is 13.5. The Kier molecular flexibility index (Phi) is 7.54. The van der Waals surface area contributed by atoms with Crippen molar-refractivity contribution in [2.45, 2.75) is 17.9 Å². The molecular weight excluding hydrogens is 484 g/mol. The number of sulfonamides is 1. The molecule has 0 aliphatic carbocycles. The summed E-state index contributed by atoms with van der Waals surface area (Å²) >= 11 is 0. The minimum atomic E-state index is -3.97. The Labute approximate surface area is 210 Å². The van der Waals surface area contributed by atoms with Crippen molar-refractivity contribution in [2.75, 3.05) is 38.2 Å². The number of hydrogen-bond acceptors (Lipinski definition) is 7. The summed E-state index contributed by atoms with van der Waals surface area (Å²) in [7, 11) is -0.910. The van der Waals surface area contributed by atoms with Crippen LogP contribution in [-0.4, -0.2) is 54.3 Å². The first-order valence-electron chi connectivity index (χ1n) is 11.3. The van der Waals surface area contributed by atoms with E-state index in [0.29, 0.717) is 28.7 Å². The summed E-state index contributed by atoms with van der Waals surface area (Å²) in [5.41, 5.74) is 1.25. The fraction of sp³-hybridized carbons (Fsp3) is 0.269. The number of ether oxygens (including phenoxy) is 4. The second-order valence-corrected chi connectivity index (χ2v) is 9.94. The lowest BCUT2D eigenvalue weighted by molar-refractivity contribution is -0.127. The Morgan fingerprint density at radius 2 is 1.75 bits per heavy atom. The van der Waals surface area contributed by atoms with Crippen LogP contribution in [0.15, 0.2) is 71.6 Å². The van der Waals surface area contributed by atoms with Crippen molar-refractivity contribution in [1.29, 1.82) is 0 Å². The van der Waals surface area contributed by atoms with Crippen molar-refractivity contribution in [2.24, 2.45) is 0 Å². The van der Waals surface area contributed by atoms with Crippen molar-refractivity contribution in [3.8, 4) is 23.0 Å². The quantitative estimate of drug-likeness (QED) is 0.439. The van der Waals surface area contributed by atoms with Crippen LogP contribution >= 0.6 is 0 Å². The number of nitrogens with one attached hydrogen (secondary N) is 1. The fourth-order valence-corrected chi connectivity index (χ4v) is 5.26. The second kappa shape index (κ2) is 10.8. The third-order valence-electron chi connectivity index (χ3n) is 5.65. The van der Waals surface area contributed by atoms with Gasteiger partial charge in [0.1, 0.15) is 18.1 Å². The van der Waals surface area contributed by atoms with Gasteiger partial charge < -0.3 is 24.3 Å². The molecule has 1 heterocycles. The molecule has 0 aromatic heterocycles. The summed E-state index contributed by atoms with van der Waals surface area (Å²) in [5.74, 6) is 1.57. The van der Waals surface area contributed by atoms with Gasteiger partial charge in [0.15, 0.2) is 17.6 Å². The highest BCUT2D eigenvalue weighted by Gasteiger charge is 2.37. The molecule has 10 heteroatoms. The normalized spacial score (nSPS) is 14.9. The Balaban J connectivity index is 1.49. The smallest absolute Gasteiger partial charge is 0.264 e. The third-order valence-corrected chi connectivity index (χ3v) is 7.45. The average molecular weight is 513 g/mol. The predicted molar refractivity (Wildman–Crippen MR) is 135 cm³/mol. The molecular formula is C26H28N2O7S. The van der Waals surface area contributed by atoms with Crippen LogP contribution in [0.25, 0.3) is 0 Å². The Morgan fingerprint density at radius 1 is 1.03 bits per heavy atom. The first-order chi connectivity index (χ1) is 17.3. The van der Waals surface area contributed by atoms with Crippen LogP contribution in [0.1, 0.15) is 5.56 Å². The summed E-state index contributed by atoms with van der Waals surface area (Å²) in [6.07, 6.45) is -1.04. The molecule has 1 N–H and O–H groups in total.